The molecule has 4 rings (SSSR count). The van der Waals surface area contributed by atoms with Crippen molar-refractivity contribution in [2.75, 3.05) is 19.7 Å². The first-order valence-corrected chi connectivity index (χ1v) is 7.56. The van der Waals surface area contributed by atoms with Crippen LogP contribution < -0.4 is 0 Å². The highest BCUT2D eigenvalue weighted by atomic mass is 16.5. The summed E-state index contributed by atoms with van der Waals surface area (Å²) in [5.41, 5.74) is 1.55. The molecule has 1 saturated heterocycles. The maximum Gasteiger partial charge on any atom is 0.274 e. The van der Waals surface area contributed by atoms with Crippen LogP contribution in [0, 0.1) is 6.92 Å². The average molecular weight is 302 g/mol. The van der Waals surface area contributed by atoms with Crippen molar-refractivity contribution < 1.29 is 9.53 Å². The topological polar surface area (TPSA) is 99.8 Å². The zero-order valence-electron chi connectivity index (χ0n) is 12.4. The molecular weight excluding hydrogens is 284 g/mol. The van der Waals surface area contributed by atoms with Gasteiger partial charge in [0.1, 0.15) is 17.6 Å². The number of rotatable bonds is 3. The normalized spacial score (nSPS) is 22.0. The van der Waals surface area contributed by atoms with Crippen LogP contribution in [0.5, 0.6) is 0 Å². The predicted octanol–water partition coefficient (Wildman–Crippen LogP) is 0.927. The zero-order valence-corrected chi connectivity index (χ0v) is 12.4. The van der Waals surface area contributed by atoms with Gasteiger partial charge in [-0.3, -0.25) is 15.0 Å². The van der Waals surface area contributed by atoms with Crippen molar-refractivity contribution in [3.05, 3.63) is 29.1 Å². The minimum Gasteiger partial charge on any atom is -0.366 e. The highest BCUT2D eigenvalue weighted by Crippen LogP contribution is 2.39. The Hall–Kier alpha value is -2.22. The Bertz CT molecular complexity index is 689. The lowest BCUT2D eigenvalue weighted by molar-refractivity contribution is -0.0268. The number of hydrogen-bond donors (Lipinski definition) is 2. The highest BCUT2D eigenvalue weighted by molar-refractivity contribution is 5.92. The van der Waals surface area contributed by atoms with Gasteiger partial charge in [0.15, 0.2) is 5.82 Å². The van der Waals surface area contributed by atoms with E-state index < -0.39 is 0 Å². The molecular formula is C14H18N6O2. The number of carbonyl (C=O) groups excluding carboxylic acids is 1. The molecule has 1 saturated carbocycles. The smallest absolute Gasteiger partial charge is 0.274 e. The average Bonchev–Trinajstić information content (AvgIpc) is 3.10. The summed E-state index contributed by atoms with van der Waals surface area (Å²) < 4.78 is 5.68. The van der Waals surface area contributed by atoms with Crippen LogP contribution in [0.3, 0.4) is 0 Å². The number of H-pyrrole nitrogens is 2. The number of morpholine rings is 1. The fraction of sp³-hybridized carbons (Fsp3) is 0.571. The summed E-state index contributed by atoms with van der Waals surface area (Å²) in [6.07, 6.45) is 2.07. The van der Waals surface area contributed by atoms with Crippen LogP contribution in [0.2, 0.25) is 0 Å². The minimum absolute atomic E-state index is 0.0660. The van der Waals surface area contributed by atoms with Crippen LogP contribution in [-0.4, -0.2) is 55.9 Å². The first-order chi connectivity index (χ1) is 10.7. The first-order valence-electron chi connectivity index (χ1n) is 7.56. The summed E-state index contributed by atoms with van der Waals surface area (Å²) in [5, 5.41) is 14.1. The quantitative estimate of drug-likeness (QED) is 0.878. The number of carbonyl (C=O) groups is 1. The van der Waals surface area contributed by atoms with Gasteiger partial charge >= 0.3 is 0 Å². The lowest BCUT2D eigenvalue weighted by Gasteiger charge is -2.31. The van der Waals surface area contributed by atoms with Crippen molar-refractivity contribution in [2.45, 2.75) is 31.8 Å². The standard InChI is InChI=1S/C14H18N6O2/c1-8-15-13(19-16-8)12-7-20(4-5-22-12)14(21)11-6-10(17-18-11)9-2-3-9/h6,9,12H,2-5,7H2,1H3,(H,17,18)(H,15,16,19). The number of aromatic nitrogens is 5. The van der Waals surface area contributed by atoms with Crippen LogP contribution >= 0.6 is 0 Å². The molecule has 1 atom stereocenters. The molecule has 8 nitrogen and oxygen atoms in total. The lowest BCUT2D eigenvalue weighted by Crippen LogP contribution is -2.42. The molecule has 1 amide bonds. The van der Waals surface area contributed by atoms with E-state index in [4.69, 9.17) is 4.74 Å². The van der Waals surface area contributed by atoms with E-state index in [0.29, 0.717) is 37.1 Å². The molecule has 116 valence electrons. The number of ether oxygens (including phenoxy) is 1. The van der Waals surface area contributed by atoms with Crippen molar-refractivity contribution in [2.24, 2.45) is 0 Å². The Morgan fingerprint density at radius 3 is 2.95 bits per heavy atom. The fourth-order valence-corrected chi connectivity index (χ4v) is 2.71. The third-order valence-electron chi connectivity index (χ3n) is 4.09. The first kappa shape index (κ1) is 13.4. The second-order valence-corrected chi connectivity index (χ2v) is 5.87. The third-order valence-corrected chi connectivity index (χ3v) is 4.09. The fourth-order valence-electron chi connectivity index (χ4n) is 2.71. The van der Waals surface area contributed by atoms with Gasteiger partial charge in [-0.2, -0.15) is 10.2 Å². The summed E-state index contributed by atoms with van der Waals surface area (Å²) in [4.78, 5) is 18.6. The Kier molecular flexibility index (Phi) is 3.18. The van der Waals surface area contributed by atoms with Gasteiger partial charge in [0, 0.05) is 18.2 Å². The molecule has 0 aromatic carbocycles. The molecule has 2 aromatic heterocycles. The van der Waals surface area contributed by atoms with Gasteiger partial charge < -0.3 is 9.64 Å². The number of nitrogens with zero attached hydrogens (tertiary/aromatic N) is 4. The van der Waals surface area contributed by atoms with Gasteiger partial charge in [-0.1, -0.05) is 0 Å². The van der Waals surface area contributed by atoms with Crippen LogP contribution in [0.1, 0.15) is 52.7 Å². The van der Waals surface area contributed by atoms with E-state index in [2.05, 4.69) is 25.4 Å². The maximum absolute atomic E-state index is 12.6. The Balaban J connectivity index is 1.47. The lowest BCUT2D eigenvalue weighted by atomic mass is 10.2. The molecule has 2 aromatic rings. The Morgan fingerprint density at radius 1 is 1.36 bits per heavy atom. The third kappa shape index (κ3) is 2.50. The van der Waals surface area contributed by atoms with Gasteiger partial charge in [0.05, 0.1) is 13.2 Å². The number of aryl methyl sites for hydroxylation is 1. The second kappa shape index (κ2) is 5.20. The monoisotopic (exact) mass is 302 g/mol. The summed E-state index contributed by atoms with van der Waals surface area (Å²) in [5.74, 6) is 1.82. The van der Waals surface area contributed by atoms with Gasteiger partial charge in [-0.25, -0.2) is 4.98 Å². The molecule has 22 heavy (non-hydrogen) atoms. The van der Waals surface area contributed by atoms with E-state index in [1.165, 1.54) is 12.8 Å². The van der Waals surface area contributed by atoms with Crippen LogP contribution in [0.25, 0.3) is 0 Å². The molecule has 3 heterocycles. The largest absolute Gasteiger partial charge is 0.366 e. The van der Waals surface area contributed by atoms with E-state index in [0.717, 1.165) is 11.5 Å². The number of aromatic amines is 2. The molecule has 2 N–H and O–H groups in total. The highest BCUT2D eigenvalue weighted by Gasteiger charge is 2.31. The van der Waals surface area contributed by atoms with Crippen LogP contribution in [0.15, 0.2) is 6.07 Å². The maximum atomic E-state index is 12.6. The van der Waals surface area contributed by atoms with Crippen LogP contribution in [-0.2, 0) is 4.74 Å². The van der Waals surface area contributed by atoms with Crippen molar-refractivity contribution in [1.29, 1.82) is 0 Å². The van der Waals surface area contributed by atoms with E-state index in [1.54, 1.807) is 4.90 Å². The molecule has 0 bridgehead atoms. The van der Waals surface area contributed by atoms with Crippen LogP contribution in [0.4, 0.5) is 0 Å². The molecule has 0 radical (unpaired) electrons. The predicted molar refractivity (Wildman–Crippen MR) is 76.3 cm³/mol. The SMILES string of the molecule is Cc1nc(C2CN(C(=O)c3cc(C4CC4)[nH]n3)CCO2)n[nH]1. The molecule has 1 unspecified atom stereocenters. The summed E-state index contributed by atoms with van der Waals surface area (Å²) >= 11 is 0. The summed E-state index contributed by atoms with van der Waals surface area (Å²) in [6, 6.07) is 1.88. The van der Waals surface area contributed by atoms with Crippen molar-refractivity contribution >= 4 is 5.91 Å². The molecule has 8 heteroatoms. The van der Waals surface area contributed by atoms with E-state index >= 15 is 0 Å². The van der Waals surface area contributed by atoms with Gasteiger partial charge in [0.2, 0.25) is 0 Å². The van der Waals surface area contributed by atoms with E-state index in [1.807, 2.05) is 13.0 Å². The van der Waals surface area contributed by atoms with Crippen molar-refractivity contribution in [1.82, 2.24) is 30.3 Å². The number of hydrogen-bond acceptors (Lipinski definition) is 5. The zero-order chi connectivity index (χ0) is 15.1. The summed E-state index contributed by atoms with van der Waals surface area (Å²) in [6.45, 7) is 3.32. The van der Waals surface area contributed by atoms with Gasteiger partial charge in [-0.05, 0) is 25.8 Å². The van der Waals surface area contributed by atoms with Gasteiger partial charge in [-0.15, -0.1) is 0 Å². The second-order valence-electron chi connectivity index (χ2n) is 5.87. The summed E-state index contributed by atoms with van der Waals surface area (Å²) in [7, 11) is 0. The molecule has 0 spiro atoms. The van der Waals surface area contributed by atoms with Crippen molar-refractivity contribution in [3.63, 3.8) is 0 Å². The molecule has 1 aliphatic heterocycles. The van der Waals surface area contributed by atoms with E-state index in [9.17, 15) is 4.79 Å². The number of amides is 1. The Labute approximate surface area is 127 Å². The number of nitrogens with one attached hydrogen (secondary N) is 2. The molecule has 1 aliphatic carbocycles. The molecule has 2 aliphatic rings. The Morgan fingerprint density at radius 2 is 2.23 bits per heavy atom. The van der Waals surface area contributed by atoms with Crippen molar-refractivity contribution in [3.8, 4) is 0 Å². The van der Waals surface area contributed by atoms with Gasteiger partial charge in [0.25, 0.3) is 5.91 Å². The van der Waals surface area contributed by atoms with E-state index in [-0.39, 0.29) is 12.0 Å². The minimum atomic E-state index is -0.288. The molecule has 2 fully saturated rings.